The maximum atomic E-state index is 12.9. The van der Waals surface area contributed by atoms with Crippen LogP contribution in [-0.4, -0.2) is 37.2 Å². The van der Waals surface area contributed by atoms with Gasteiger partial charge in [-0.15, -0.1) is 0 Å². The van der Waals surface area contributed by atoms with Crippen molar-refractivity contribution >= 4 is 17.9 Å². The van der Waals surface area contributed by atoms with Crippen molar-refractivity contribution in [3.63, 3.8) is 0 Å². The number of allylic oxidation sites excluding steroid dienone is 4. The van der Waals surface area contributed by atoms with E-state index in [0.29, 0.717) is 19.3 Å². The lowest BCUT2D eigenvalue weighted by atomic mass is 10.0. The Balaban J connectivity index is 4.32. The van der Waals surface area contributed by atoms with Crippen LogP contribution in [0, 0.1) is 0 Å². The summed E-state index contributed by atoms with van der Waals surface area (Å²) < 4.78 is 16.9. The summed E-state index contributed by atoms with van der Waals surface area (Å²) in [4.78, 5) is 38.2. The quantitative estimate of drug-likeness (QED) is 0.0262. The van der Waals surface area contributed by atoms with E-state index in [1.807, 2.05) is 0 Å². The predicted molar refractivity (Wildman–Crippen MR) is 289 cm³/mol. The molecule has 0 radical (unpaired) electrons. The second-order valence-corrected chi connectivity index (χ2v) is 20.3. The molecule has 0 aromatic rings. The molecule has 0 aliphatic heterocycles. The lowest BCUT2D eigenvalue weighted by Crippen LogP contribution is -2.30. The number of ether oxygens (including phenoxy) is 3. The molecule has 6 heteroatoms. The number of hydrogen-bond acceptors (Lipinski definition) is 6. The number of unbranched alkanes of at least 4 members (excludes halogenated alkanes) is 40. The fourth-order valence-electron chi connectivity index (χ4n) is 8.91. The maximum Gasteiger partial charge on any atom is 0.306 e. The highest BCUT2D eigenvalue weighted by Crippen LogP contribution is 2.17. The SMILES string of the molecule is CCCCCCC/C=C\CCCCCCCC(=O)OC[C@H](COC(=O)CCCCCCCCCCC/C=C\CCCCCCCC)OC(=O)CCCCCCCCCCCCCCCCCC. The zero-order chi connectivity index (χ0) is 48.6. The molecule has 394 valence electrons. The van der Waals surface area contributed by atoms with Crippen molar-refractivity contribution in [1.29, 1.82) is 0 Å². The third-order valence-electron chi connectivity index (χ3n) is 13.4. The van der Waals surface area contributed by atoms with Gasteiger partial charge in [0.25, 0.3) is 0 Å². The fourth-order valence-corrected chi connectivity index (χ4v) is 8.91. The van der Waals surface area contributed by atoms with Gasteiger partial charge in [-0.25, -0.2) is 0 Å². The van der Waals surface area contributed by atoms with Crippen molar-refractivity contribution in [3.8, 4) is 0 Å². The molecule has 0 bridgehead atoms. The molecule has 0 aromatic heterocycles. The largest absolute Gasteiger partial charge is 0.462 e. The van der Waals surface area contributed by atoms with Crippen molar-refractivity contribution in [2.75, 3.05) is 13.2 Å². The van der Waals surface area contributed by atoms with E-state index in [2.05, 4.69) is 45.1 Å². The molecule has 1 atom stereocenters. The van der Waals surface area contributed by atoms with Crippen LogP contribution in [-0.2, 0) is 28.6 Å². The Hall–Kier alpha value is -2.11. The first-order valence-corrected chi connectivity index (χ1v) is 29.8. The van der Waals surface area contributed by atoms with Gasteiger partial charge in [0.05, 0.1) is 0 Å². The van der Waals surface area contributed by atoms with Crippen LogP contribution >= 0.6 is 0 Å². The fraction of sp³-hybridized carbons (Fsp3) is 0.885. The van der Waals surface area contributed by atoms with E-state index in [-0.39, 0.29) is 31.1 Å². The predicted octanol–water partition coefficient (Wildman–Crippen LogP) is 19.9. The third kappa shape index (κ3) is 54.7. The Morgan fingerprint density at radius 1 is 0.284 bits per heavy atom. The molecule has 0 spiro atoms. The molecule has 6 nitrogen and oxygen atoms in total. The van der Waals surface area contributed by atoms with Crippen LogP contribution in [0.3, 0.4) is 0 Å². The van der Waals surface area contributed by atoms with E-state index in [0.717, 1.165) is 64.2 Å². The van der Waals surface area contributed by atoms with Crippen LogP contribution in [0.15, 0.2) is 24.3 Å². The van der Waals surface area contributed by atoms with Gasteiger partial charge in [-0.2, -0.15) is 0 Å². The molecule has 0 amide bonds. The van der Waals surface area contributed by atoms with E-state index >= 15 is 0 Å². The minimum atomic E-state index is -0.771. The van der Waals surface area contributed by atoms with Crippen molar-refractivity contribution in [3.05, 3.63) is 24.3 Å². The van der Waals surface area contributed by atoms with Gasteiger partial charge in [0.15, 0.2) is 6.10 Å². The Morgan fingerprint density at radius 2 is 0.493 bits per heavy atom. The summed E-state index contributed by atoms with van der Waals surface area (Å²) in [5.41, 5.74) is 0. The molecule has 0 saturated heterocycles. The second-order valence-electron chi connectivity index (χ2n) is 20.3. The van der Waals surface area contributed by atoms with E-state index in [1.54, 1.807) is 0 Å². The molecule has 0 fully saturated rings. The Labute approximate surface area is 417 Å². The number of carbonyl (C=O) groups excluding carboxylic acids is 3. The Morgan fingerprint density at radius 3 is 0.746 bits per heavy atom. The highest BCUT2D eigenvalue weighted by Gasteiger charge is 2.19. The number of rotatable bonds is 55. The van der Waals surface area contributed by atoms with E-state index in [9.17, 15) is 14.4 Å². The van der Waals surface area contributed by atoms with Gasteiger partial charge in [-0.3, -0.25) is 14.4 Å². The monoisotopic (exact) mass is 943 g/mol. The van der Waals surface area contributed by atoms with Crippen LogP contribution in [0.5, 0.6) is 0 Å². The summed E-state index contributed by atoms with van der Waals surface area (Å²) in [6.07, 6.45) is 66.0. The molecule has 0 aliphatic rings. The molecular formula is C61H114O6. The third-order valence-corrected chi connectivity index (χ3v) is 13.4. The Bertz CT molecular complexity index is 1080. The first kappa shape index (κ1) is 64.9. The lowest BCUT2D eigenvalue weighted by molar-refractivity contribution is -0.167. The van der Waals surface area contributed by atoms with Gasteiger partial charge in [-0.1, -0.05) is 263 Å². The summed E-state index contributed by atoms with van der Waals surface area (Å²) >= 11 is 0. The lowest BCUT2D eigenvalue weighted by Gasteiger charge is -2.18. The van der Waals surface area contributed by atoms with Crippen LogP contribution < -0.4 is 0 Å². The summed E-state index contributed by atoms with van der Waals surface area (Å²) in [7, 11) is 0. The highest BCUT2D eigenvalue weighted by molar-refractivity contribution is 5.71. The molecular weight excluding hydrogens is 829 g/mol. The maximum absolute atomic E-state index is 12.9. The van der Waals surface area contributed by atoms with Crippen molar-refractivity contribution in [1.82, 2.24) is 0 Å². The Kier molecular flexibility index (Phi) is 54.7. The van der Waals surface area contributed by atoms with Gasteiger partial charge >= 0.3 is 17.9 Å². The number of hydrogen-bond donors (Lipinski definition) is 0. The zero-order valence-electron chi connectivity index (χ0n) is 45.2. The van der Waals surface area contributed by atoms with Gasteiger partial charge in [0, 0.05) is 19.3 Å². The van der Waals surface area contributed by atoms with Crippen LogP contribution in [0.2, 0.25) is 0 Å². The summed E-state index contributed by atoms with van der Waals surface area (Å²) in [6, 6.07) is 0. The van der Waals surface area contributed by atoms with Gasteiger partial charge in [0.2, 0.25) is 0 Å². The molecule has 0 rings (SSSR count). The van der Waals surface area contributed by atoms with Crippen LogP contribution in [0.1, 0.15) is 329 Å². The summed E-state index contributed by atoms with van der Waals surface area (Å²) in [6.45, 7) is 6.67. The van der Waals surface area contributed by atoms with E-state index in [1.165, 1.54) is 225 Å². The molecule has 0 aromatic carbocycles. The van der Waals surface area contributed by atoms with Gasteiger partial charge < -0.3 is 14.2 Å². The molecule has 0 saturated carbocycles. The van der Waals surface area contributed by atoms with Crippen LogP contribution in [0.4, 0.5) is 0 Å². The minimum Gasteiger partial charge on any atom is -0.462 e. The van der Waals surface area contributed by atoms with Gasteiger partial charge in [-0.05, 0) is 70.6 Å². The molecule has 0 N–H and O–H groups in total. The average molecular weight is 944 g/mol. The van der Waals surface area contributed by atoms with E-state index < -0.39 is 6.10 Å². The van der Waals surface area contributed by atoms with Crippen LogP contribution in [0.25, 0.3) is 0 Å². The number of esters is 3. The summed E-state index contributed by atoms with van der Waals surface area (Å²) in [5, 5.41) is 0. The minimum absolute atomic E-state index is 0.0704. The highest BCUT2D eigenvalue weighted by atomic mass is 16.6. The first-order chi connectivity index (χ1) is 33.0. The standard InChI is InChI=1S/C61H114O6/c1-4-7-10-13-16-19-22-25-28-30-31-32-34-36-39-42-45-48-51-54-60(63)66-57-58(56-65-59(62)53-50-47-44-41-38-35-27-24-21-18-15-12-9-6-3)67-61(64)55-52-49-46-43-40-37-33-29-26-23-20-17-14-11-8-5-2/h24-25,27-28,58H,4-23,26,29-57H2,1-3H3/b27-24-,28-25-/t58-/m1/s1. The first-order valence-electron chi connectivity index (χ1n) is 29.8. The number of carbonyl (C=O) groups is 3. The normalized spacial score (nSPS) is 12.1. The molecule has 0 heterocycles. The molecule has 67 heavy (non-hydrogen) atoms. The smallest absolute Gasteiger partial charge is 0.306 e. The van der Waals surface area contributed by atoms with Crippen molar-refractivity contribution < 1.29 is 28.6 Å². The van der Waals surface area contributed by atoms with E-state index in [4.69, 9.17) is 14.2 Å². The molecule has 0 aliphatic carbocycles. The molecule has 0 unspecified atom stereocenters. The van der Waals surface area contributed by atoms with Gasteiger partial charge in [0.1, 0.15) is 13.2 Å². The summed E-state index contributed by atoms with van der Waals surface area (Å²) in [5.74, 6) is -0.859. The second kappa shape index (κ2) is 56.5. The zero-order valence-corrected chi connectivity index (χ0v) is 45.2. The van der Waals surface area contributed by atoms with Crippen molar-refractivity contribution in [2.45, 2.75) is 335 Å². The topological polar surface area (TPSA) is 78.9 Å². The average Bonchev–Trinajstić information content (AvgIpc) is 3.33. The van der Waals surface area contributed by atoms with Crippen molar-refractivity contribution in [2.24, 2.45) is 0 Å².